The first kappa shape index (κ1) is 13.1. The molecule has 0 saturated heterocycles. The number of anilines is 1. The Balaban J connectivity index is 2.43. The summed E-state index contributed by atoms with van der Waals surface area (Å²) in [6.07, 6.45) is 0. The van der Waals surface area contributed by atoms with Gasteiger partial charge < -0.3 is 11.1 Å². The molecule has 0 aliphatic rings. The second kappa shape index (κ2) is 5.12. The fraction of sp³-hybridized carbons (Fsp3) is 0.250. The van der Waals surface area contributed by atoms with E-state index in [1.54, 1.807) is 24.3 Å². The number of nitrogens with one attached hydrogen (secondary N) is 1. The van der Waals surface area contributed by atoms with Gasteiger partial charge in [0.05, 0.1) is 24.3 Å². The summed E-state index contributed by atoms with van der Waals surface area (Å²) in [5, 5.41) is 19.6. The molecule has 3 N–H and O–H groups in total. The topological polar surface area (TPSA) is 87.6 Å². The van der Waals surface area contributed by atoms with Gasteiger partial charge in [-0.1, -0.05) is 18.2 Å². The molecule has 2 rings (SSSR count). The number of aromatic nitrogens is 2. The normalized spacial score (nSPS) is 11.3. The number of benzene rings is 1. The Kier molecular flexibility index (Phi) is 3.53. The predicted molar refractivity (Wildman–Crippen MR) is 66.7 cm³/mol. The van der Waals surface area contributed by atoms with Gasteiger partial charge in [-0.3, -0.25) is 0 Å². The van der Waals surface area contributed by atoms with E-state index < -0.39 is 19.0 Å². The van der Waals surface area contributed by atoms with E-state index in [1.165, 1.54) is 0 Å². The summed E-state index contributed by atoms with van der Waals surface area (Å²) in [6.45, 7) is -1.42. The van der Waals surface area contributed by atoms with E-state index in [0.717, 1.165) is 0 Å². The molecule has 5 nitrogen and oxygen atoms in total. The Bertz CT molecular complexity index is 636. The molecule has 1 heterocycles. The molecule has 2 aromatic rings. The molecule has 0 fully saturated rings. The minimum atomic E-state index is -3.04. The highest BCUT2D eigenvalue weighted by Crippen LogP contribution is 2.25. The lowest BCUT2D eigenvalue weighted by Gasteiger charge is -2.16. The summed E-state index contributed by atoms with van der Waals surface area (Å²) < 4.78 is 26.3. The maximum absolute atomic E-state index is 13.2. The van der Waals surface area contributed by atoms with Gasteiger partial charge in [-0.2, -0.15) is 5.26 Å². The molecular weight excluding hydrogens is 252 g/mol. The van der Waals surface area contributed by atoms with Crippen molar-refractivity contribution in [2.75, 3.05) is 18.4 Å². The highest BCUT2D eigenvalue weighted by molar-refractivity contribution is 5.92. The van der Waals surface area contributed by atoms with Crippen molar-refractivity contribution < 1.29 is 8.78 Å². The van der Waals surface area contributed by atoms with Crippen LogP contribution in [0, 0.1) is 11.3 Å². The number of hydrogen-bond donors (Lipinski definition) is 2. The Hall–Kier alpha value is -2.33. The molecule has 0 saturated carbocycles. The van der Waals surface area contributed by atoms with Crippen LogP contribution in [0.5, 0.6) is 0 Å². The van der Waals surface area contributed by atoms with Crippen molar-refractivity contribution in [1.82, 2.24) is 10.2 Å². The monoisotopic (exact) mass is 263 g/mol. The van der Waals surface area contributed by atoms with Gasteiger partial charge in [-0.15, -0.1) is 10.2 Å². The third kappa shape index (κ3) is 2.74. The second-order valence-electron chi connectivity index (χ2n) is 3.97. The van der Waals surface area contributed by atoms with Crippen LogP contribution in [0.15, 0.2) is 24.3 Å². The van der Waals surface area contributed by atoms with Gasteiger partial charge in [-0.25, -0.2) is 8.78 Å². The van der Waals surface area contributed by atoms with Gasteiger partial charge in [0.2, 0.25) is 0 Å². The molecule has 98 valence electrons. The van der Waals surface area contributed by atoms with E-state index in [1.807, 2.05) is 6.07 Å². The lowest BCUT2D eigenvalue weighted by Crippen LogP contribution is -2.35. The highest BCUT2D eigenvalue weighted by Gasteiger charge is 2.27. The van der Waals surface area contributed by atoms with Crippen LogP contribution in [0.3, 0.4) is 0 Å². The summed E-state index contributed by atoms with van der Waals surface area (Å²) >= 11 is 0. The van der Waals surface area contributed by atoms with Crippen LogP contribution in [-0.2, 0) is 0 Å². The Morgan fingerprint density at radius 2 is 2.05 bits per heavy atom. The molecule has 7 heteroatoms. The van der Waals surface area contributed by atoms with E-state index in [4.69, 9.17) is 11.0 Å². The first-order chi connectivity index (χ1) is 9.07. The number of nitrogens with two attached hydrogens (primary N) is 1. The molecular formula is C12H11F2N5. The number of hydrogen-bond acceptors (Lipinski definition) is 5. The molecule has 0 atom stereocenters. The molecule has 0 bridgehead atoms. The zero-order chi connectivity index (χ0) is 13.9. The zero-order valence-electron chi connectivity index (χ0n) is 9.90. The van der Waals surface area contributed by atoms with Gasteiger partial charge in [0, 0.05) is 5.39 Å². The summed E-state index contributed by atoms with van der Waals surface area (Å²) in [5.74, 6) is -3.04. The first-order valence-corrected chi connectivity index (χ1v) is 5.55. The standard InChI is InChI=1S/C12H11F2N5/c13-12(14,6-16)7-17-11-8-3-1-2-4-9(8)18-19-10(11)5-15/h1-4H,6-7,16H2,(H,17,18). The summed E-state index contributed by atoms with van der Waals surface area (Å²) in [6, 6.07) is 8.69. The lowest BCUT2D eigenvalue weighted by atomic mass is 10.1. The number of rotatable bonds is 4. The predicted octanol–water partition coefficient (Wildman–Crippen LogP) is 1.51. The number of nitrogens with zero attached hydrogens (tertiary/aromatic N) is 3. The zero-order valence-corrected chi connectivity index (χ0v) is 9.90. The number of alkyl halides is 2. The van der Waals surface area contributed by atoms with E-state index >= 15 is 0 Å². The summed E-state index contributed by atoms with van der Waals surface area (Å²) in [4.78, 5) is 0. The van der Waals surface area contributed by atoms with Crippen molar-refractivity contribution in [3.8, 4) is 6.07 Å². The third-order valence-electron chi connectivity index (χ3n) is 2.60. The van der Waals surface area contributed by atoms with Gasteiger partial charge in [0.15, 0.2) is 5.69 Å². The van der Waals surface area contributed by atoms with E-state index in [2.05, 4.69) is 15.5 Å². The molecule has 0 radical (unpaired) electrons. The average molecular weight is 263 g/mol. The Labute approximate surface area is 108 Å². The third-order valence-corrected chi connectivity index (χ3v) is 2.60. The van der Waals surface area contributed by atoms with Crippen LogP contribution in [0.1, 0.15) is 5.69 Å². The minimum absolute atomic E-state index is 0.0217. The van der Waals surface area contributed by atoms with Crippen molar-refractivity contribution in [3.63, 3.8) is 0 Å². The quantitative estimate of drug-likeness (QED) is 0.872. The van der Waals surface area contributed by atoms with Crippen molar-refractivity contribution in [1.29, 1.82) is 5.26 Å². The van der Waals surface area contributed by atoms with Crippen molar-refractivity contribution >= 4 is 16.6 Å². The summed E-state index contributed by atoms with van der Waals surface area (Å²) in [5.41, 5.74) is 5.73. The SMILES string of the molecule is N#Cc1nnc2ccccc2c1NCC(F)(F)CN. The Morgan fingerprint density at radius 1 is 1.32 bits per heavy atom. The molecule has 1 aromatic heterocycles. The lowest BCUT2D eigenvalue weighted by molar-refractivity contribution is 0.0254. The largest absolute Gasteiger partial charge is 0.376 e. The highest BCUT2D eigenvalue weighted by atomic mass is 19.3. The number of halogens is 2. The van der Waals surface area contributed by atoms with Gasteiger partial charge in [0.25, 0.3) is 5.92 Å². The van der Waals surface area contributed by atoms with Gasteiger partial charge in [0.1, 0.15) is 6.07 Å². The van der Waals surface area contributed by atoms with Crippen LogP contribution in [0.2, 0.25) is 0 Å². The smallest absolute Gasteiger partial charge is 0.276 e. The van der Waals surface area contributed by atoms with Gasteiger partial charge in [-0.05, 0) is 6.07 Å². The average Bonchev–Trinajstić information content (AvgIpc) is 2.44. The molecule has 0 amide bonds. The summed E-state index contributed by atoms with van der Waals surface area (Å²) in [7, 11) is 0. The van der Waals surface area contributed by atoms with E-state index in [-0.39, 0.29) is 11.4 Å². The molecule has 0 unspecified atom stereocenters. The maximum atomic E-state index is 13.2. The molecule has 0 aliphatic heterocycles. The maximum Gasteiger partial charge on any atom is 0.276 e. The second-order valence-corrected chi connectivity index (χ2v) is 3.97. The fourth-order valence-corrected chi connectivity index (χ4v) is 1.60. The molecule has 1 aromatic carbocycles. The van der Waals surface area contributed by atoms with Crippen LogP contribution in [0.25, 0.3) is 10.9 Å². The fourth-order valence-electron chi connectivity index (χ4n) is 1.60. The van der Waals surface area contributed by atoms with Crippen molar-refractivity contribution in [2.45, 2.75) is 5.92 Å². The number of nitriles is 1. The first-order valence-electron chi connectivity index (χ1n) is 5.55. The molecule has 19 heavy (non-hydrogen) atoms. The van der Waals surface area contributed by atoms with Crippen LogP contribution < -0.4 is 11.1 Å². The molecule has 0 aliphatic carbocycles. The van der Waals surface area contributed by atoms with Crippen LogP contribution in [-0.4, -0.2) is 29.2 Å². The van der Waals surface area contributed by atoms with Crippen molar-refractivity contribution in [3.05, 3.63) is 30.0 Å². The van der Waals surface area contributed by atoms with Gasteiger partial charge >= 0.3 is 0 Å². The molecule has 0 spiro atoms. The van der Waals surface area contributed by atoms with E-state index in [0.29, 0.717) is 10.9 Å². The van der Waals surface area contributed by atoms with Crippen LogP contribution in [0.4, 0.5) is 14.5 Å². The Morgan fingerprint density at radius 3 is 2.74 bits per heavy atom. The minimum Gasteiger partial charge on any atom is -0.376 e. The van der Waals surface area contributed by atoms with E-state index in [9.17, 15) is 8.78 Å². The van der Waals surface area contributed by atoms with Crippen molar-refractivity contribution in [2.24, 2.45) is 5.73 Å². The van der Waals surface area contributed by atoms with Crippen LogP contribution >= 0.6 is 0 Å². The number of fused-ring (bicyclic) bond motifs is 1.